The van der Waals surface area contributed by atoms with Crippen LogP contribution in [0.2, 0.25) is 0 Å². The zero-order valence-corrected chi connectivity index (χ0v) is 21.5. The third-order valence-electron chi connectivity index (χ3n) is 6.92. The summed E-state index contributed by atoms with van der Waals surface area (Å²) in [7, 11) is -3.72. The van der Waals surface area contributed by atoms with Gasteiger partial charge in [-0.25, -0.2) is 13.4 Å². The molecule has 0 unspecified atom stereocenters. The van der Waals surface area contributed by atoms with E-state index in [9.17, 15) is 26.4 Å². The van der Waals surface area contributed by atoms with Crippen molar-refractivity contribution in [2.45, 2.75) is 49.3 Å². The molecule has 1 aromatic carbocycles. The first-order valence-electron chi connectivity index (χ1n) is 12.1. The number of carbonyl (C=O) groups excluding carboxylic acids is 1. The molecule has 4 heterocycles. The third-order valence-corrected chi connectivity index (χ3v) is 8.84. The van der Waals surface area contributed by atoms with Gasteiger partial charge in [-0.1, -0.05) is 12.1 Å². The molecule has 0 spiro atoms. The van der Waals surface area contributed by atoms with Crippen LogP contribution < -0.4 is 10.6 Å². The number of amides is 1. The second-order valence-corrected chi connectivity index (χ2v) is 11.9. The van der Waals surface area contributed by atoms with Crippen LogP contribution in [0.5, 0.6) is 0 Å². The van der Waals surface area contributed by atoms with E-state index in [4.69, 9.17) is 0 Å². The number of sulfonamides is 1. The minimum absolute atomic E-state index is 0.106. The lowest BCUT2D eigenvalue weighted by Crippen LogP contribution is -2.42. The number of alkyl halides is 3. The number of pyridine rings is 2. The molecule has 0 aliphatic carbocycles. The van der Waals surface area contributed by atoms with Crippen LogP contribution in [0.1, 0.15) is 48.3 Å². The summed E-state index contributed by atoms with van der Waals surface area (Å²) in [4.78, 5) is 20.4. The predicted molar refractivity (Wildman–Crippen MR) is 135 cm³/mol. The van der Waals surface area contributed by atoms with Crippen molar-refractivity contribution >= 4 is 21.7 Å². The van der Waals surface area contributed by atoms with Crippen molar-refractivity contribution in [2.75, 3.05) is 18.4 Å². The average molecular weight is 546 g/mol. The molecule has 1 saturated heterocycles. The molecule has 2 aliphatic rings. The smallest absolute Gasteiger partial charge is 0.367 e. The van der Waals surface area contributed by atoms with Crippen molar-refractivity contribution < 1.29 is 26.4 Å². The fraction of sp³-hybridized carbons (Fsp3) is 0.346. The fourth-order valence-corrected chi connectivity index (χ4v) is 6.23. The molecule has 2 aromatic heterocycles. The first-order valence-corrected chi connectivity index (χ1v) is 13.5. The molecule has 1 fully saturated rings. The first-order chi connectivity index (χ1) is 17.8. The SMILES string of the molecule is CC1(C)NC(=O)c2ncc(-c3ccc(S(=O)(=O)N4CCC(Nc5ccc(C(F)(F)F)cn5)CC4)cc3)cc21. The summed E-state index contributed by atoms with van der Waals surface area (Å²) in [5, 5.41) is 5.98. The molecule has 2 N–H and O–H groups in total. The van der Waals surface area contributed by atoms with E-state index in [1.807, 2.05) is 19.9 Å². The van der Waals surface area contributed by atoms with Gasteiger partial charge in [-0.2, -0.15) is 17.5 Å². The molecule has 0 radical (unpaired) electrons. The number of carbonyl (C=O) groups is 1. The number of rotatable bonds is 5. The Morgan fingerprint density at radius 1 is 1.00 bits per heavy atom. The van der Waals surface area contributed by atoms with Crippen LogP contribution in [-0.4, -0.2) is 47.7 Å². The Bertz CT molecular complexity index is 1470. The predicted octanol–water partition coefficient (Wildman–Crippen LogP) is 4.41. The van der Waals surface area contributed by atoms with E-state index in [2.05, 4.69) is 20.6 Å². The number of nitrogens with zero attached hydrogens (tertiary/aromatic N) is 3. The van der Waals surface area contributed by atoms with Gasteiger partial charge in [0.15, 0.2) is 0 Å². The molecule has 1 amide bonds. The highest BCUT2D eigenvalue weighted by Gasteiger charge is 2.36. The summed E-state index contributed by atoms with van der Waals surface area (Å²) in [6.45, 7) is 4.34. The van der Waals surface area contributed by atoms with Crippen molar-refractivity contribution in [1.29, 1.82) is 0 Å². The van der Waals surface area contributed by atoms with Crippen molar-refractivity contribution in [2.24, 2.45) is 0 Å². The molecule has 0 atom stereocenters. The minimum atomic E-state index is -4.45. The van der Waals surface area contributed by atoms with Gasteiger partial charge in [0.2, 0.25) is 10.0 Å². The Morgan fingerprint density at radius 3 is 2.29 bits per heavy atom. The Hall–Kier alpha value is -3.51. The van der Waals surface area contributed by atoms with Gasteiger partial charge in [-0.05, 0) is 62.6 Å². The first kappa shape index (κ1) is 26.1. The minimum Gasteiger partial charge on any atom is -0.367 e. The maximum Gasteiger partial charge on any atom is 0.417 e. The summed E-state index contributed by atoms with van der Waals surface area (Å²) >= 11 is 0. The molecule has 3 aromatic rings. The zero-order chi connectivity index (χ0) is 27.3. The summed E-state index contributed by atoms with van der Waals surface area (Å²) < 4.78 is 66.1. The standard InChI is InChI=1S/C26H26F3N5O3S/c1-25(2)21-13-17(14-31-23(21)24(35)33-25)16-3-6-20(7-4-16)38(36,37)34-11-9-19(10-12-34)32-22-8-5-18(15-30-22)26(27,28)29/h3-8,13-15,19H,9-12H2,1-2H3,(H,30,32)(H,33,35). The van der Waals surface area contributed by atoms with Gasteiger partial charge in [-0.15, -0.1) is 0 Å². The zero-order valence-electron chi connectivity index (χ0n) is 20.7. The molecular weight excluding hydrogens is 519 g/mol. The van der Waals surface area contributed by atoms with E-state index >= 15 is 0 Å². The molecule has 8 nitrogen and oxygen atoms in total. The maximum atomic E-state index is 13.2. The maximum absolute atomic E-state index is 13.2. The Kier molecular flexibility index (Phi) is 6.42. The number of benzene rings is 1. The van der Waals surface area contributed by atoms with Gasteiger partial charge in [-0.3, -0.25) is 9.78 Å². The van der Waals surface area contributed by atoms with E-state index in [0.717, 1.165) is 29.0 Å². The number of fused-ring (bicyclic) bond motifs is 1. The number of nitrogens with one attached hydrogen (secondary N) is 2. The normalized spacial score (nSPS) is 18.2. The van der Waals surface area contributed by atoms with Crippen LogP contribution in [0, 0.1) is 0 Å². The summed E-state index contributed by atoms with van der Waals surface area (Å²) in [6, 6.07) is 10.6. The molecule has 0 saturated carbocycles. The van der Waals surface area contributed by atoms with E-state index < -0.39 is 27.3 Å². The highest BCUT2D eigenvalue weighted by atomic mass is 32.2. The monoisotopic (exact) mass is 545 g/mol. The second-order valence-electron chi connectivity index (χ2n) is 9.98. The van der Waals surface area contributed by atoms with Crippen LogP contribution in [0.4, 0.5) is 19.0 Å². The van der Waals surface area contributed by atoms with Crippen LogP contribution >= 0.6 is 0 Å². The van der Waals surface area contributed by atoms with E-state index in [0.29, 0.717) is 24.4 Å². The average Bonchev–Trinajstić information content (AvgIpc) is 3.11. The number of halogens is 3. The van der Waals surface area contributed by atoms with Gasteiger partial charge in [0.05, 0.1) is 16.0 Å². The number of hydrogen-bond donors (Lipinski definition) is 2. The van der Waals surface area contributed by atoms with Crippen LogP contribution in [-0.2, 0) is 21.7 Å². The molecule has 5 rings (SSSR count). The fourth-order valence-electron chi connectivity index (χ4n) is 4.76. The molecule has 200 valence electrons. The molecule has 38 heavy (non-hydrogen) atoms. The van der Waals surface area contributed by atoms with Gasteiger partial charge in [0.25, 0.3) is 5.91 Å². The molecule has 12 heteroatoms. The van der Waals surface area contributed by atoms with Gasteiger partial charge < -0.3 is 10.6 Å². The van der Waals surface area contributed by atoms with E-state index in [1.54, 1.807) is 30.5 Å². The topological polar surface area (TPSA) is 104 Å². The van der Waals surface area contributed by atoms with Crippen molar-refractivity contribution in [3.05, 3.63) is 71.7 Å². The largest absolute Gasteiger partial charge is 0.417 e. The summed E-state index contributed by atoms with van der Waals surface area (Å²) in [5.41, 5.74) is 1.38. The van der Waals surface area contributed by atoms with Crippen LogP contribution in [0.3, 0.4) is 0 Å². The highest BCUT2D eigenvalue weighted by Crippen LogP contribution is 2.33. The van der Waals surface area contributed by atoms with Gasteiger partial charge >= 0.3 is 6.18 Å². The lowest BCUT2D eigenvalue weighted by atomic mass is 9.94. The highest BCUT2D eigenvalue weighted by molar-refractivity contribution is 7.89. The number of aromatic nitrogens is 2. The summed E-state index contributed by atoms with van der Waals surface area (Å²) in [6.07, 6.45) is -1.09. The Labute approximate surface area is 218 Å². The van der Waals surface area contributed by atoms with E-state index in [-0.39, 0.29) is 29.9 Å². The van der Waals surface area contributed by atoms with Crippen molar-refractivity contribution in [3.8, 4) is 11.1 Å². The quantitative estimate of drug-likeness (QED) is 0.493. The molecule has 2 aliphatic heterocycles. The Balaban J connectivity index is 1.23. The number of anilines is 1. The van der Waals surface area contributed by atoms with Crippen LogP contribution in [0.15, 0.2) is 59.8 Å². The summed E-state index contributed by atoms with van der Waals surface area (Å²) in [5.74, 6) is 0.104. The van der Waals surface area contributed by atoms with Gasteiger partial charge in [0.1, 0.15) is 11.5 Å². The lowest BCUT2D eigenvalue weighted by molar-refractivity contribution is -0.137. The lowest BCUT2D eigenvalue weighted by Gasteiger charge is -2.32. The van der Waals surface area contributed by atoms with Crippen LogP contribution in [0.25, 0.3) is 11.1 Å². The van der Waals surface area contributed by atoms with Crippen molar-refractivity contribution in [1.82, 2.24) is 19.6 Å². The molecular formula is C26H26F3N5O3S. The third kappa shape index (κ3) is 4.97. The van der Waals surface area contributed by atoms with Crippen molar-refractivity contribution in [3.63, 3.8) is 0 Å². The van der Waals surface area contributed by atoms with Gasteiger partial charge in [0, 0.05) is 42.7 Å². The Morgan fingerprint density at radius 2 is 1.68 bits per heavy atom. The number of hydrogen-bond acceptors (Lipinski definition) is 6. The number of piperidine rings is 1. The molecule has 0 bridgehead atoms. The second kappa shape index (κ2) is 9.35. The van der Waals surface area contributed by atoms with E-state index in [1.165, 1.54) is 10.4 Å².